The fourth-order valence-electron chi connectivity index (χ4n) is 2.22. The van der Waals surface area contributed by atoms with Crippen molar-refractivity contribution in [1.82, 2.24) is 0 Å². The highest BCUT2D eigenvalue weighted by Gasteiger charge is 2.23. The fraction of sp³-hybridized carbons (Fsp3) is 0.333. The molecule has 0 amide bonds. The van der Waals surface area contributed by atoms with Crippen LogP contribution in [0.1, 0.15) is 30.3 Å². The molecule has 3 nitrogen and oxygen atoms in total. The van der Waals surface area contributed by atoms with E-state index in [9.17, 15) is 5.11 Å². The Balaban J connectivity index is 2.11. The van der Waals surface area contributed by atoms with Crippen LogP contribution in [-0.2, 0) is 9.47 Å². The Labute approximate surface area is 126 Å². The van der Waals surface area contributed by atoms with E-state index in [1.807, 2.05) is 67.6 Å². The molecule has 0 spiro atoms. The van der Waals surface area contributed by atoms with Gasteiger partial charge in [-0.25, -0.2) is 0 Å². The average Bonchev–Trinajstić information content (AvgIpc) is 2.56. The highest BCUT2D eigenvalue weighted by molar-refractivity contribution is 5.25. The second-order valence-corrected chi connectivity index (χ2v) is 4.75. The van der Waals surface area contributed by atoms with Crippen molar-refractivity contribution in [3.63, 3.8) is 0 Å². The first-order chi connectivity index (χ1) is 10.3. The van der Waals surface area contributed by atoms with Gasteiger partial charge in [0.25, 0.3) is 0 Å². The third-order valence-electron chi connectivity index (χ3n) is 3.29. The van der Waals surface area contributed by atoms with Crippen molar-refractivity contribution in [3.05, 3.63) is 71.8 Å². The lowest BCUT2D eigenvalue weighted by Gasteiger charge is -2.24. The molecule has 3 heteroatoms. The number of aliphatic hydroxyl groups excluding tert-OH is 1. The van der Waals surface area contributed by atoms with Crippen LogP contribution in [0.2, 0.25) is 0 Å². The van der Waals surface area contributed by atoms with E-state index in [0.717, 1.165) is 11.1 Å². The molecular weight excluding hydrogens is 264 g/mol. The average molecular weight is 286 g/mol. The summed E-state index contributed by atoms with van der Waals surface area (Å²) in [5.41, 5.74) is 1.81. The third kappa shape index (κ3) is 4.67. The van der Waals surface area contributed by atoms with Gasteiger partial charge in [0, 0.05) is 6.61 Å². The predicted octanol–water partition coefficient (Wildman–Crippen LogP) is 3.51. The summed E-state index contributed by atoms with van der Waals surface area (Å²) in [5.74, 6) is 0. The molecule has 0 aromatic heterocycles. The summed E-state index contributed by atoms with van der Waals surface area (Å²) in [6.07, 6.45) is -1.09. The Hall–Kier alpha value is -1.68. The number of hydrogen-bond donors (Lipinski definition) is 1. The van der Waals surface area contributed by atoms with Crippen molar-refractivity contribution < 1.29 is 14.6 Å². The molecule has 0 bridgehead atoms. The summed E-state index contributed by atoms with van der Waals surface area (Å²) in [5, 5.41) is 10.6. The molecule has 21 heavy (non-hydrogen) atoms. The van der Waals surface area contributed by atoms with Gasteiger partial charge >= 0.3 is 0 Å². The van der Waals surface area contributed by atoms with Crippen molar-refractivity contribution in [2.45, 2.75) is 19.1 Å². The molecular formula is C18H22O3. The van der Waals surface area contributed by atoms with Gasteiger partial charge in [0.1, 0.15) is 12.2 Å². The van der Waals surface area contributed by atoms with Crippen LogP contribution in [0.25, 0.3) is 0 Å². The van der Waals surface area contributed by atoms with E-state index in [-0.39, 0.29) is 0 Å². The molecule has 2 aromatic rings. The molecule has 1 N–H and O–H groups in total. The quantitative estimate of drug-likeness (QED) is 0.755. The molecule has 0 fully saturated rings. The Morgan fingerprint density at radius 2 is 1.43 bits per heavy atom. The van der Waals surface area contributed by atoms with Crippen molar-refractivity contribution >= 4 is 0 Å². The van der Waals surface area contributed by atoms with Gasteiger partial charge in [-0.05, 0) is 18.1 Å². The number of benzene rings is 2. The minimum absolute atomic E-state index is 0.394. The van der Waals surface area contributed by atoms with Crippen LogP contribution in [-0.4, -0.2) is 24.9 Å². The van der Waals surface area contributed by atoms with Crippen LogP contribution in [0.4, 0.5) is 0 Å². The van der Waals surface area contributed by atoms with Crippen molar-refractivity contribution in [2.75, 3.05) is 19.8 Å². The molecule has 0 saturated heterocycles. The third-order valence-corrected chi connectivity index (χ3v) is 3.29. The normalized spacial score (nSPS) is 13.8. The first kappa shape index (κ1) is 15.7. The molecule has 0 heterocycles. The van der Waals surface area contributed by atoms with Gasteiger partial charge in [0.2, 0.25) is 0 Å². The molecule has 0 unspecified atom stereocenters. The maximum atomic E-state index is 10.6. The highest BCUT2D eigenvalue weighted by Crippen LogP contribution is 2.31. The van der Waals surface area contributed by atoms with Gasteiger partial charge in [-0.3, -0.25) is 0 Å². The summed E-state index contributed by atoms with van der Waals surface area (Å²) < 4.78 is 11.2. The maximum Gasteiger partial charge on any atom is 0.113 e. The monoisotopic (exact) mass is 286 g/mol. The number of hydrogen-bond acceptors (Lipinski definition) is 3. The minimum Gasteiger partial charge on any atom is -0.385 e. The lowest BCUT2D eigenvalue weighted by Crippen LogP contribution is -2.17. The smallest absolute Gasteiger partial charge is 0.113 e. The second-order valence-electron chi connectivity index (χ2n) is 4.75. The predicted molar refractivity (Wildman–Crippen MR) is 83.0 cm³/mol. The van der Waals surface area contributed by atoms with E-state index in [1.54, 1.807) is 0 Å². The summed E-state index contributed by atoms with van der Waals surface area (Å²) >= 11 is 0. The SMILES string of the molecule is CCOCCO[C@@H](c1ccccc1)[C@H](O)c1ccccc1. The van der Waals surface area contributed by atoms with Gasteiger partial charge < -0.3 is 14.6 Å². The molecule has 0 saturated carbocycles. The van der Waals surface area contributed by atoms with Gasteiger partial charge in [-0.1, -0.05) is 60.7 Å². The molecule has 2 atom stereocenters. The number of ether oxygens (including phenoxy) is 2. The van der Waals surface area contributed by atoms with Crippen LogP contribution in [0.3, 0.4) is 0 Å². The Kier molecular flexibility index (Phi) is 6.41. The Morgan fingerprint density at radius 3 is 2.00 bits per heavy atom. The van der Waals surface area contributed by atoms with E-state index >= 15 is 0 Å². The van der Waals surface area contributed by atoms with E-state index < -0.39 is 12.2 Å². The Morgan fingerprint density at radius 1 is 0.857 bits per heavy atom. The summed E-state index contributed by atoms with van der Waals surface area (Å²) in [4.78, 5) is 0. The standard InChI is InChI=1S/C18H22O3/c1-2-20-13-14-21-18(16-11-7-4-8-12-16)17(19)15-9-5-3-6-10-15/h3-12,17-19H,2,13-14H2,1H3/t17-,18+/m1/s1. The van der Waals surface area contributed by atoms with Crippen LogP contribution >= 0.6 is 0 Å². The van der Waals surface area contributed by atoms with E-state index in [2.05, 4.69) is 0 Å². The zero-order chi connectivity index (χ0) is 14.9. The molecule has 2 aromatic carbocycles. The van der Waals surface area contributed by atoms with Gasteiger partial charge in [0.15, 0.2) is 0 Å². The molecule has 0 aliphatic carbocycles. The minimum atomic E-state index is -0.699. The number of rotatable bonds is 8. The van der Waals surface area contributed by atoms with Gasteiger partial charge in [0.05, 0.1) is 13.2 Å². The largest absolute Gasteiger partial charge is 0.385 e. The first-order valence-electron chi connectivity index (χ1n) is 7.30. The van der Waals surface area contributed by atoms with Gasteiger partial charge in [-0.15, -0.1) is 0 Å². The van der Waals surface area contributed by atoms with Crippen molar-refractivity contribution in [2.24, 2.45) is 0 Å². The summed E-state index contributed by atoms with van der Waals surface area (Å²) in [6.45, 7) is 3.60. The molecule has 0 aliphatic heterocycles. The van der Waals surface area contributed by atoms with Crippen molar-refractivity contribution in [3.8, 4) is 0 Å². The summed E-state index contributed by atoms with van der Waals surface area (Å²) in [7, 11) is 0. The highest BCUT2D eigenvalue weighted by atomic mass is 16.5. The van der Waals surface area contributed by atoms with Crippen LogP contribution in [0.5, 0.6) is 0 Å². The van der Waals surface area contributed by atoms with Crippen LogP contribution in [0, 0.1) is 0 Å². The molecule has 0 radical (unpaired) electrons. The maximum absolute atomic E-state index is 10.6. The Bertz CT molecular complexity index is 498. The lowest BCUT2D eigenvalue weighted by molar-refractivity contribution is -0.0588. The van der Waals surface area contributed by atoms with E-state index in [1.165, 1.54) is 0 Å². The van der Waals surface area contributed by atoms with E-state index in [0.29, 0.717) is 19.8 Å². The van der Waals surface area contributed by atoms with E-state index in [4.69, 9.17) is 9.47 Å². The molecule has 0 aliphatic rings. The van der Waals surface area contributed by atoms with Crippen LogP contribution < -0.4 is 0 Å². The second kappa shape index (κ2) is 8.57. The van der Waals surface area contributed by atoms with Gasteiger partial charge in [-0.2, -0.15) is 0 Å². The number of aliphatic hydroxyl groups is 1. The topological polar surface area (TPSA) is 38.7 Å². The zero-order valence-corrected chi connectivity index (χ0v) is 12.3. The van der Waals surface area contributed by atoms with Crippen LogP contribution in [0.15, 0.2) is 60.7 Å². The first-order valence-corrected chi connectivity index (χ1v) is 7.30. The van der Waals surface area contributed by atoms with Crippen molar-refractivity contribution in [1.29, 1.82) is 0 Å². The fourth-order valence-corrected chi connectivity index (χ4v) is 2.22. The molecule has 2 rings (SSSR count). The molecule has 112 valence electrons. The lowest BCUT2D eigenvalue weighted by atomic mass is 9.98. The summed E-state index contributed by atoms with van der Waals surface area (Å²) in [6, 6.07) is 19.4. The zero-order valence-electron chi connectivity index (χ0n) is 12.3.